The van der Waals surface area contributed by atoms with E-state index in [0.29, 0.717) is 0 Å². The highest BCUT2D eigenvalue weighted by molar-refractivity contribution is 5.90. The quantitative estimate of drug-likeness (QED) is 0.686. The van der Waals surface area contributed by atoms with Crippen LogP contribution in [0, 0.1) is 5.92 Å². The zero-order chi connectivity index (χ0) is 12.8. The van der Waals surface area contributed by atoms with Gasteiger partial charge in [0.25, 0.3) is 5.95 Å². The number of rotatable bonds is 4. The molecule has 0 fully saturated rings. The van der Waals surface area contributed by atoms with Crippen molar-refractivity contribution in [2.75, 3.05) is 5.32 Å². The van der Waals surface area contributed by atoms with Crippen LogP contribution in [0.5, 0.6) is 0 Å². The summed E-state index contributed by atoms with van der Waals surface area (Å²) in [6.45, 7) is 3.39. The zero-order valence-corrected chi connectivity index (χ0v) is 9.41. The van der Waals surface area contributed by atoms with Gasteiger partial charge in [0.1, 0.15) is 6.04 Å². The molecule has 2 amide bonds. The van der Waals surface area contributed by atoms with Gasteiger partial charge >= 0.3 is 12.0 Å². The predicted octanol–water partition coefficient (Wildman–Crippen LogP) is 0.102. The molecule has 0 aliphatic rings. The molecule has 3 N–H and O–H groups in total. The molecule has 0 radical (unpaired) electrons. The van der Waals surface area contributed by atoms with Gasteiger partial charge in [0.05, 0.1) is 12.4 Å². The van der Waals surface area contributed by atoms with Crippen molar-refractivity contribution in [1.29, 1.82) is 0 Å². The summed E-state index contributed by atoms with van der Waals surface area (Å²) in [5, 5.41) is 20.5. The Labute approximate surface area is 97.5 Å². The normalized spacial score (nSPS) is 11.9. The van der Waals surface area contributed by atoms with Crippen LogP contribution in [0.2, 0.25) is 0 Å². The SMILES string of the molecule is CC(C)[C@@H](NC(=O)Nc1nccnn1)C(=O)O. The zero-order valence-electron chi connectivity index (χ0n) is 9.41. The number of aliphatic carboxylic acids is 1. The van der Waals surface area contributed by atoms with Gasteiger partial charge in [-0.3, -0.25) is 5.32 Å². The fourth-order valence-corrected chi connectivity index (χ4v) is 1.10. The molecular weight excluding hydrogens is 226 g/mol. The van der Waals surface area contributed by atoms with Crippen molar-refractivity contribution < 1.29 is 14.7 Å². The highest BCUT2D eigenvalue weighted by Gasteiger charge is 2.23. The number of nitrogens with one attached hydrogen (secondary N) is 2. The Morgan fingerprint density at radius 3 is 2.53 bits per heavy atom. The monoisotopic (exact) mass is 239 g/mol. The molecule has 0 unspecified atom stereocenters. The minimum Gasteiger partial charge on any atom is -0.480 e. The summed E-state index contributed by atoms with van der Waals surface area (Å²) in [5.41, 5.74) is 0. The van der Waals surface area contributed by atoms with Gasteiger partial charge in [-0.05, 0) is 5.92 Å². The third-order valence-corrected chi connectivity index (χ3v) is 1.93. The van der Waals surface area contributed by atoms with Crippen molar-refractivity contribution in [3.05, 3.63) is 12.4 Å². The second-order valence-corrected chi connectivity index (χ2v) is 3.62. The fourth-order valence-electron chi connectivity index (χ4n) is 1.10. The summed E-state index contributed by atoms with van der Waals surface area (Å²) in [4.78, 5) is 26.0. The van der Waals surface area contributed by atoms with Crippen molar-refractivity contribution in [3.8, 4) is 0 Å². The lowest BCUT2D eigenvalue weighted by atomic mass is 10.1. The van der Waals surface area contributed by atoms with Crippen molar-refractivity contribution >= 4 is 17.9 Å². The number of nitrogens with zero attached hydrogens (tertiary/aromatic N) is 3. The molecular formula is C9H13N5O3. The second-order valence-electron chi connectivity index (χ2n) is 3.62. The van der Waals surface area contributed by atoms with Crippen LogP contribution < -0.4 is 10.6 Å². The van der Waals surface area contributed by atoms with Crippen LogP contribution in [0.4, 0.5) is 10.7 Å². The molecule has 17 heavy (non-hydrogen) atoms. The highest BCUT2D eigenvalue weighted by atomic mass is 16.4. The minimum absolute atomic E-state index is 0.0119. The maximum atomic E-state index is 11.4. The molecule has 1 heterocycles. The number of carbonyl (C=O) groups is 2. The number of anilines is 1. The number of urea groups is 1. The number of carbonyl (C=O) groups excluding carboxylic acids is 1. The number of hydrogen-bond donors (Lipinski definition) is 3. The predicted molar refractivity (Wildman–Crippen MR) is 58.2 cm³/mol. The Balaban J connectivity index is 2.57. The van der Waals surface area contributed by atoms with Crippen LogP contribution in [0.15, 0.2) is 12.4 Å². The Bertz CT molecular complexity index is 395. The van der Waals surface area contributed by atoms with Gasteiger partial charge in [-0.25, -0.2) is 14.6 Å². The van der Waals surface area contributed by atoms with Gasteiger partial charge in [0, 0.05) is 0 Å². The van der Waals surface area contributed by atoms with Crippen molar-refractivity contribution in [3.63, 3.8) is 0 Å². The van der Waals surface area contributed by atoms with E-state index in [1.54, 1.807) is 13.8 Å². The third-order valence-electron chi connectivity index (χ3n) is 1.93. The third kappa shape index (κ3) is 4.01. The van der Waals surface area contributed by atoms with Crippen molar-refractivity contribution in [2.24, 2.45) is 5.92 Å². The van der Waals surface area contributed by atoms with Gasteiger partial charge in [-0.15, -0.1) is 5.10 Å². The van der Waals surface area contributed by atoms with Crippen LogP contribution in [0.1, 0.15) is 13.8 Å². The Kier molecular flexibility index (Phi) is 4.32. The maximum Gasteiger partial charge on any atom is 0.326 e. The number of carboxylic acids is 1. The molecule has 1 aromatic heterocycles. The van der Waals surface area contributed by atoms with Crippen LogP contribution in [0.3, 0.4) is 0 Å². The van der Waals surface area contributed by atoms with E-state index in [1.165, 1.54) is 12.4 Å². The summed E-state index contributed by atoms with van der Waals surface area (Å²) in [7, 11) is 0. The van der Waals surface area contributed by atoms with E-state index in [-0.39, 0.29) is 11.9 Å². The molecule has 92 valence electrons. The minimum atomic E-state index is -1.10. The Hall–Kier alpha value is -2.25. The van der Waals surface area contributed by atoms with E-state index < -0.39 is 18.0 Å². The van der Waals surface area contributed by atoms with Crippen LogP contribution in [-0.2, 0) is 4.79 Å². The molecule has 8 nitrogen and oxygen atoms in total. The van der Waals surface area contributed by atoms with Crippen LogP contribution in [0.25, 0.3) is 0 Å². The summed E-state index contributed by atoms with van der Waals surface area (Å²) >= 11 is 0. The largest absolute Gasteiger partial charge is 0.480 e. The Morgan fingerprint density at radius 2 is 2.06 bits per heavy atom. The van der Waals surface area contributed by atoms with E-state index in [0.717, 1.165) is 0 Å². The molecule has 1 atom stereocenters. The highest BCUT2D eigenvalue weighted by Crippen LogP contribution is 2.02. The molecule has 0 saturated carbocycles. The molecule has 0 aliphatic carbocycles. The first-order chi connectivity index (χ1) is 8.00. The fraction of sp³-hybridized carbons (Fsp3) is 0.444. The van der Waals surface area contributed by atoms with Gasteiger partial charge in [0.2, 0.25) is 0 Å². The average Bonchev–Trinajstić information content (AvgIpc) is 2.26. The second kappa shape index (κ2) is 5.73. The summed E-state index contributed by atoms with van der Waals surface area (Å²) in [5.74, 6) is -1.31. The first-order valence-electron chi connectivity index (χ1n) is 4.94. The lowest BCUT2D eigenvalue weighted by molar-refractivity contribution is -0.140. The number of amides is 2. The van der Waals surface area contributed by atoms with Gasteiger partial charge < -0.3 is 10.4 Å². The molecule has 8 heteroatoms. The number of hydrogen-bond acceptors (Lipinski definition) is 5. The molecule has 0 saturated heterocycles. The first kappa shape index (κ1) is 12.8. The van der Waals surface area contributed by atoms with Crippen molar-refractivity contribution in [1.82, 2.24) is 20.5 Å². The van der Waals surface area contributed by atoms with Crippen molar-refractivity contribution in [2.45, 2.75) is 19.9 Å². The van der Waals surface area contributed by atoms with E-state index in [2.05, 4.69) is 25.8 Å². The standard InChI is InChI=1S/C9H13N5O3/c1-5(2)6(7(15)16)12-9(17)13-8-10-3-4-11-14-8/h3-6H,1-2H3,(H,15,16)(H2,10,12,13,14,17)/t6-/m1/s1. The molecule has 1 rings (SSSR count). The summed E-state index contributed by atoms with van der Waals surface area (Å²) < 4.78 is 0. The molecule has 0 spiro atoms. The molecule has 0 bridgehead atoms. The van der Waals surface area contributed by atoms with E-state index in [1.807, 2.05) is 0 Å². The van der Waals surface area contributed by atoms with Gasteiger partial charge in [-0.2, -0.15) is 5.10 Å². The smallest absolute Gasteiger partial charge is 0.326 e. The van der Waals surface area contributed by atoms with Gasteiger partial charge in [0.15, 0.2) is 0 Å². The van der Waals surface area contributed by atoms with Crippen LogP contribution >= 0.6 is 0 Å². The topological polar surface area (TPSA) is 117 Å². The van der Waals surface area contributed by atoms with Crippen LogP contribution in [-0.4, -0.2) is 38.3 Å². The molecule has 0 aromatic carbocycles. The lowest BCUT2D eigenvalue weighted by Gasteiger charge is -2.17. The first-order valence-corrected chi connectivity index (χ1v) is 4.94. The lowest BCUT2D eigenvalue weighted by Crippen LogP contribution is -2.46. The van der Waals surface area contributed by atoms with E-state index in [9.17, 15) is 9.59 Å². The summed E-state index contributed by atoms with van der Waals surface area (Å²) in [6, 6.07) is -1.65. The Morgan fingerprint density at radius 1 is 1.35 bits per heavy atom. The number of aromatic nitrogens is 3. The maximum absolute atomic E-state index is 11.4. The van der Waals surface area contributed by atoms with E-state index >= 15 is 0 Å². The molecule has 0 aliphatic heterocycles. The van der Waals surface area contributed by atoms with Gasteiger partial charge in [-0.1, -0.05) is 13.8 Å². The summed E-state index contributed by atoms with van der Waals surface area (Å²) in [6.07, 6.45) is 2.72. The van der Waals surface area contributed by atoms with E-state index in [4.69, 9.17) is 5.11 Å². The number of carboxylic acid groups (broad SMARTS) is 1. The molecule has 1 aromatic rings. The average molecular weight is 239 g/mol.